The summed E-state index contributed by atoms with van der Waals surface area (Å²) in [5.74, 6) is 0.153. The Bertz CT molecular complexity index is 821. The van der Waals surface area contributed by atoms with Gasteiger partial charge in [0.2, 0.25) is 5.91 Å². The zero-order valence-corrected chi connectivity index (χ0v) is 18.2. The molecule has 0 heterocycles. The predicted octanol–water partition coefficient (Wildman–Crippen LogP) is 4.36. The highest BCUT2D eigenvalue weighted by Gasteiger charge is 2.29. The summed E-state index contributed by atoms with van der Waals surface area (Å²) in [7, 11) is 0. The van der Waals surface area contributed by atoms with Crippen LogP contribution in [-0.2, 0) is 16.1 Å². The molecule has 0 aromatic heterocycles. The van der Waals surface area contributed by atoms with Crippen molar-refractivity contribution in [1.82, 2.24) is 10.2 Å². The molecule has 2 aromatic carbocycles. The molecule has 0 saturated carbocycles. The van der Waals surface area contributed by atoms with Crippen molar-refractivity contribution in [3.8, 4) is 5.75 Å². The van der Waals surface area contributed by atoms with Gasteiger partial charge < -0.3 is 15.0 Å². The van der Waals surface area contributed by atoms with E-state index >= 15 is 0 Å². The highest BCUT2D eigenvalue weighted by molar-refractivity contribution is 6.30. The van der Waals surface area contributed by atoms with E-state index in [1.54, 1.807) is 29.2 Å². The minimum Gasteiger partial charge on any atom is -0.484 e. The Balaban J connectivity index is 2.20. The van der Waals surface area contributed by atoms with E-state index in [2.05, 4.69) is 5.32 Å². The average Bonchev–Trinajstić information content (AvgIpc) is 2.66. The van der Waals surface area contributed by atoms with Crippen LogP contribution in [0.5, 0.6) is 5.75 Å². The Morgan fingerprint density at radius 1 is 1.14 bits per heavy atom. The molecule has 0 fully saturated rings. The third kappa shape index (κ3) is 7.09. The van der Waals surface area contributed by atoms with Crippen LogP contribution in [0.25, 0.3) is 0 Å². The highest BCUT2D eigenvalue weighted by atomic mass is 35.5. The number of halogens is 1. The van der Waals surface area contributed by atoms with Gasteiger partial charge in [0.15, 0.2) is 6.61 Å². The number of hydrogen-bond acceptors (Lipinski definition) is 3. The van der Waals surface area contributed by atoms with Crippen LogP contribution < -0.4 is 10.1 Å². The molecule has 0 radical (unpaired) electrons. The molecular formula is C23H29ClN2O3. The summed E-state index contributed by atoms with van der Waals surface area (Å²) >= 11 is 5.89. The van der Waals surface area contributed by atoms with Gasteiger partial charge in [0.1, 0.15) is 11.8 Å². The molecule has 1 N–H and O–H groups in total. The number of aryl methyl sites for hydroxylation is 1. The second kappa shape index (κ2) is 10.9. The lowest BCUT2D eigenvalue weighted by atomic mass is 10.1. The summed E-state index contributed by atoms with van der Waals surface area (Å²) < 4.78 is 5.64. The van der Waals surface area contributed by atoms with E-state index in [4.69, 9.17) is 16.3 Å². The van der Waals surface area contributed by atoms with Gasteiger partial charge in [0.25, 0.3) is 5.91 Å². The van der Waals surface area contributed by atoms with Crippen molar-refractivity contribution in [2.75, 3.05) is 6.61 Å². The second-order valence-corrected chi connectivity index (χ2v) is 7.78. The zero-order chi connectivity index (χ0) is 21.4. The monoisotopic (exact) mass is 416 g/mol. The molecule has 0 aliphatic rings. The van der Waals surface area contributed by atoms with Crippen molar-refractivity contribution < 1.29 is 14.3 Å². The number of ether oxygens (including phenoxy) is 1. The maximum atomic E-state index is 13.1. The van der Waals surface area contributed by atoms with E-state index in [1.807, 2.05) is 52.0 Å². The maximum absolute atomic E-state index is 13.1. The van der Waals surface area contributed by atoms with Crippen LogP contribution in [0.1, 0.15) is 38.3 Å². The van der Waals surface area contributed by atoms with Crippen LogP contribution >= 0.6 is 11.6 Å². The van der Waals surface area contributed by atoms with Crippen LogP contribution in [0.4, 0.5) is 0 Å². The second-order valence-electron chi connectivity index (χ2n) is 7.34. The van der Waals surface area contributed by atoms with E-state index in [9.17, 15) is 9.59 Å². The number of rotatable bonds is 9. The number of carbonyl (C=O) groups excluding carboxylic acids is 2. The summed E-state index contributed by atoms with van der Waals surface area (Å²) in [4.78, 5) is 27.4. The predicted molar refractivity (Wildman–Crippen MR) is 116 cm³/mol. The topological polar surface area (TPSA) is 58.6 Å². The van der Waals surface area contributed by atoms with Gasteiger partial charge in [-0.05, 0) is 57.0 Å². The average molecular weight is 417 g/mol. The number of carbonyl (C=O) groups is 2. The lowest BCUT2D eigenvalue weighted by Gasteiger charge is -2.31. The third-order valence-corrected chi connectivity index (χ3v) is 4.68. The van der Waals surface area contributed by atoms with Crippen molar-refractivity contribution in [2.45, 2.75) is 52.7 Å². The first-order chi connectivity index (χ1) is 13.8. The molecule has 156 valence electrons. The number of nitrogens with one attached hydrogen (secondary N) is 1. The summed E-state index contributed by atoms with van der Waals surface area (Å²) in [6.07, 6.45) is 0.511. The quantitative estimate of drug-likeness (QED) is 0.660. The highest BCUT2D eigenvalue weighted by Crippen LogP contribution is 2.17. The molecule has 2 amide bonds. The van der Waals surface area contributed by atoms with Crippen LogP contribution in [-0.4, -0.2) is 35.4 Å². The van der Waals surface area contributed by atoms with Gasteiger partial charge in [-0.15, -0.1) is 0 Å². The minimum atomic E-state index is -0.570. The first-order valence-electron chi connectivity index (χ1n) is 9.84. The summed E-state index contributed by atoms with van der Waals surface area (Å²) in [6.45, 7) is 7.90. The first-order valence-corrected chi connectivity index (χ1v) is 10.2. The lowest BCUT2D eigenvalue weighted by molar-refractivity contribution is -0.143. The standard InChI is InChI=1S/C23H29ClN2O3/c1-5-21(23(28)25-16(2)3)26(14-18-8-6-7-17(4)13-18)22(27)15-29-20-11-9-19(24)10-12-20/h6-13,16,21H,5,14-15H2,1-4H3,(H,25,28)/t21-/m1/s1. The van der Waals surface area contributed by atoms with E-state index in [1.165, 1.54) is 0 Å². The van der Waals surface area contributed by atoms with E-state index in [0.29, 0.717) is 23.7 Å². The summed E-state index contributed by atoms with van der Waals surface area (Å²) in [6, 6.07) is 14.2. The maximum Gasteiger partial charge on any atom is 0.261 e. The Kier molecular flexibility index (Phi) is 8.52. The van der Waals surface area contributed by atoms with Crippen LogP contribution in [0.2, 0.25) is 5.02 Å². The van der Waals surface area contributed by atoms with Gasteiger partial charge in [-0.1, -0.05) is 48.4 Å². The third-order valence-electron chi connectivity index (χ3n) is 4.43. The molecular weight excluding hydrogens is 388 g/mol. The summed E-state index contributed by atoms with van der Waals surface area (Å²) in [5, 5.41) is 3.52. The minimum absolute atomic E-state index is 0.00205. The van der Waals surface area contributed by atoms with Gasteiger partial charge in [0, 0.05) is 17.6 Å². The fraction of sp³-hybridized carbons (Fsp3) is 0.391. The number of amides is 2. The van der Waals surface area contributed by atoms with Crippen molar-refractivity contribution in [2.24, 2.45) is 0 Å². The van der Waals surface area contributed by atoms with Crippen LogP contribution in [0.15, 0.2) is 48.5 Å². The molecule has 5 nitrogen and oxygen atoms in total. The fourth-order valence-corrected chi connectivity index (χ4v) is 3.19. The van der Waals surface area contributed by atoms with E-state index in [-0.39, 0.29) is 24.5 Å². The fourth-order valence-electron chi connectivity index (χ4n) is 3.07. The first kappa shape index (κ1) is 22.8. The van der Waals surface area contributed by atoms with Gasteiger partial charge in [-0.3, -0.25) is 9.59 Å². The van der Waals surface area contributed by atoms with E-state index in [0.717, 1.165) is 11.1 Å². The zero-order valence-electron chi connectivity index (χ0n) is 17.4. The number of benzene rings is 2. The Hall–Kier alpha value is -2.53. The molecule has 0 spiro atoms. The molecule has 2 aromatic rings. The van der Waals surface area contributed by atoms with Crippen molar-refractivity contribution >= 4 is 23.4 Å². The SMILES string of the molecule is CC[C@H](C(=O)NC(C)C)N(Cc1cccc(C)c1)C(=O)COc1ccc(Cl)cc1. The van der Waals surface area contributed by atoms with Crippen molar-refractivity contribution in [3.63, 3.8) is 0 Å². The molecule has 0 saturated heterocycles. The Morgan fingerprint density at radius 2 is 1.83 bits per heavy atom. The molecule has 0 aliphatic heterocycles. The molecule has 1 atom stereocenters. The normalized spacial score (nSPS) is 11.8. The number of hydrogen-bond donors (Lipinski definition) is 1. The Morgan fingerprint density at radius 3 is 2.41 bits per heavy atom. The molecule has 6 heteroatoms. The van der Waals surface area contributed by atoms with Gasteiger partial charge in [-0.2, -0.15) is 0 Å². The summed E-state index contributed by atoms with van der Waals surface area (Å²) in [5.41, 5.74) is 2.08. The molecule has 0 bridgehead atoms. The smallest absolute Gasteiger partial charge is 0.261 e. The number of nitrogens with zero attached hydrogens (tertiary/aromatic N) is 1. The van der Waals surface area contributed by atoms with Gasteiger partial charge >= 0.3 is 0 Å². The largest absolute Gasteiger partial charge is 0.484 e. The molecule has 29 heavy (non-hydrogen) atoms. The van der Waals surface area contributed by atoms with Crippen molar-refractivity contribution in [3.05, 3.63) is 64.7 Å². The molecule has 2 rings (SSSR count). The Labute approximate surface area is 178 Å². The van der Waals surface area contributed by atoms with Gasteiger partial charge in [-0.25, -0.2) is 0 Å². The lowest BCUT2D eigenvalue weighted by Crippen LogP contribution is -2.51. The van der Waals surface area contributed by atoms with Crippen molar-refractivity contribution in [1.29, 1.82) is 0 Å². The van der Waals surface area contributed by atoms with Crippen LogP contribution in [0, 0.1) is 6.92 Å². The molecule has 0 aliphatic carbocycles. The van der Waals surface area contributed by atoms with Gasteiger partial charge in [0.05, 0.1) is 0 Å². The van der Waals surface area contributed by atoms with Crippen LogP contribution in [0.3, 0.4) is 0 Å². The van der Waals surface area contributed by atoms with E-state index < -0.39 is 6.04 Å². The molecule has 0 unspecified atom stereocenters.